The fraction of sp³-hybridized carbons (Fsp3) is 1.00. The third kappa shape index (κ3) is 3.46. The van der Waals surface area contributed by atoms with Gasteiger partial charge in [0.05, 0.1) is 6.61 Å². The summed E-state index contributed by atoms with van der Waals surface area (Å²) >= 11 is 0. The number of hydrogen-bond acceptors (Lipinski definition) is 2. The molecule has 0 heterocycles. The highest BCUT2D eigenvalue weighted by Gasteiger charge is 2.33. The Morgan fingerprint density at radius 1 is 1.33 bits per heavy atom. The lowest BCUT2D eigenvalue weighted by atomic mass is 9.73. The maximum atomic E-state index is 9.33. The first-order chi connectivity index (χ1) is 6.97. The number of aliphatic hydroxyl groups excluding tert-OH is 1. The first kappa shape index (κ1) is 13.0. The van der Waals surface area contributed by atoms with E-state index < -0.39 is 0 Å². The lowest BCUT2D eigenvalue weighted by Crippen LogP contribution is -2.51. The summed E-state index contributed by atoms with van der Waals surface area (Å²) in [5.41, 5.74) is 0.389. The van der Waals surface area contributed by atoms with Gasteiger partial charge in [-0.3, -0.25) is 0 Å². The third-order valence-electron chi connectivity index (χ3n) is 3.92. The Labute approximate surface area is 94.5 Å². The average molecular weight is 213 g/mol. The van der Waals surface area contributed by atoms with E-state index in [1.165, 1.54) is 25.7 Å². The number of nitrogens with one attached hydrogen (secondary N) is 1. The molecule has 0 aliphatic heterocycles. The number of rotatable bonds is 4. The Bertz CT molecular complexity index is 189. The largest absolute Gasteiger partial charge is 0.395 e. The quantitative estimate of drug-likeness (QED) is 0.752. The monoisotopic (exact) mass is 213 g/mol. The van der Waals surface area contributed by atoms with Crippen LogP contribution in [-0.2, 0) is 0 Å². The fourth-order valence-electron chi connectivity index (χ4n) is 2.52. The van der Waals surface area contributed by atoms with Gasteiger partial charge >= 0.3 is 0 Å². The summed E-state index contributed by atoms with van der Waals surface area (Å²) in [7, 11) is 0. The van der Waals surface area contributed by atoms with Gasteiger partial charge in [-0.15, -0.1) is 0 Å². The molecule has 0 aromatic heterocycles. The summed E-state index contributed by atoms with van der Waals surface area (Å²) in [5, 5.41) is 13.0. The van der Waals surface area contributed by atoms with E-state index >= 15 is 0 Å². The van der Waals surface area contributed by atoms with Crippen molar-refractivity contribution in [3.8, 4) is 0 Å². The summed E-state index contributed by atoms with van der Waals surface area (Å²) in [4.78, 5) is 0. The standard InChI is InChI=1S/C13H27NO/c1-10(2)11(9-15)14-12-7-5-6-8-13(12,3)4/h10-12,14-15H,5-9H2,1-4H3/t11-,12?/m1/s1. The Hall–Kier alpha value is -0.0800. The molecule has 2 atom stereocenters. The van der Waals surface area contributed by atoms with Crippen LogP contribution in [0.25, 0.3) is 0 Å². The highest BCUT2D eigenvalue weighted by molar-refractivity contribution is 4.90. The van der Waals surface area contributed by atoms with Crippen molar-refractivity contribution in [3.05, 3.63) is 0 Å². The molecule has 1 aliphatic rings. The van der Waals surface area contributed by atoms with Crippen LogP contribution < -0.4 is 5.32 Å². The molecule has 0 radical (unpaired) electrons. The van der Waals surface area contributed by atoms with E-state index in [1.54, 1.807) is 0 Å². The highest BCUT2D eigenvalue weighted by Crippen LogP contribution is 2.35. The molecule has 0 aromatic rings. The lowest BCUT2D eigenvalue weighted by Gasteiger charge is -2.41. The fourth-order valence-corrected chi connectivity index (χ4v) is 2.52. The second-order valence-corrected chi connectivity index (χ2v) is 5.99. The van der Waals surface area contributed by atoms with Crippen molar-refractivity contribution < 1.29 is 5.11 Å². The summed E-state index contributed by atoms with van der Waals surface area (Å²) in [6.45, 7) is 9.29. The molecule has 1 unspecified atom stereocenters. The Morgan fingerprint density at radius 2 is 2.00 bits per heavy atom. The van der Waals surface area contributed by atoms with Gasteiger partial charge in [-0.2, -0.15) is 0 Å². The first-order valence-corrected chi connectivity index (χ1v) is 6.34. The normalized spacial score (nSPS) is 28.0. The molecular formula is C13H27NO. The molecule has 0 aromatic carbocycles. The van der Waals surface area contributed by atoms with Crippen LogP contribution in [0.3, 0.4) is 0 Å². The maximum absolute atomic E-state index is 9.33. The predicted octanol–water partition coefficient (Wildman–Crippen LogP) is 2.56. The van der Waals surface area contributed by atoms with Gasteiger partial charge in [0.25, 0.3) is 0 Å². The van der Waals surface area contributed by atoms with Gasteiger partial charge < -0.3 is 10.4 Å². The van der Waals surface area contributed by atoms with E-state index in [1.807, 2.05) is 0 Å². The van der Waals surface area contributed by atoms with Crippen molar-refractivity contribution in [2.75, 3.05) is 6.61 Å². The molecule has 2 N–H and O–H groups in total. The van der Waals surface area contributed by atoms with Crippen LogP contribution in [0.2, 0.25) is 0 Å². The van der Waals surface area contributed by atoms with Gasteiger partial charge in [0.2, 0.25) is 0 Å². The van der Waals surface area contributed by atoms with Gasteiger partial charge in [0, 0.05) is 12.1 Å². The minimum absolute atomic E-state index is 0.254. The second kappa shape index (κ2) is 5.31. The van der Waals surface area contributed by atoms with Crippen molar-refractivity contribution in [1.82, 2.24) is 5.32 Å². The van der Waals surface area contributed by atoms with Crippen LogP contribution in [0.1, 0.15) is 53.4 Å². The molecule has 1 aliphatic carbocycles. The Morgan fingerprint density at radius 3 is 2.47 bits per heavy atom. The zero-order valence-electron chi connectivity index (χ0n) is 10.7. The minimum atomic E-state index is 0.254. The van der Waals surface area contributed by atoms with Crippen LogP contribution >= 0.6 is 0 Å². The van der Waals surface area contributed by atoms with Crippen molar-refractivity contribution in [1.29, 1.82) is 0 Å². The highest BCUT2D eigenvalue weighted by atomic mass is 16.3. The van der Waals surface area contributed by atoms with E-state index in [0.717, 1.165) is 0 Å². The van der Waals surface area contributed by atoms with Gasteiger partial charge in [-0.25, -0.2) is 0 Å². The average Bonchev–Trinajstić information content (AvgIpc) is 2.15. The summed E-state index contributed by atoms with van der Waals surface area (Å²) in [5.74, 6) is 0.507. The molecule has 15 heavy (non-hydrogen) atoms. The smallest absolute Gasteiger partial charge is 0.0587 e. The van der Waals surface area contributed by atoms with E-state index in [9.17, 15) is 5.11 Å². The lowest BCUT2D eigenvalue weighted by molar-refractivity contribution is 0.120. The molecule has 1 fully saturated rings. The predicted molar refractivity (Wildman–Crippen MR) is 64.9 cm³/mol. The molecule has 1 rings (SSSR count). The topological polar surface area (TPSA) is 32.3 Å². The van der Waals surface area contributed by atoms with Crippen molar-refractivity contribution >= 4 is 0 Å². The van der Waals surface area contributed by atoms with Crippen LogP contribution in [-0.4, -0.2) is 23.8 Å². The molecule has 1 saturated carbocycles. The van der Waals surface area contributed by atoms with Crippen molar-refractivity contribution in [2.45, 2.75) is 65.5 Å². The number of hydrogen-bond donors (Lipinski definition) is 2. The van der Waals surface area contributed by atoms with Crippen LogP contribution in [0.5, 0.6) is 0 Å². The molecule has 0 amide bonds. The molecule has 0 saturated heterocycles. The van der Waals surface area contributed by atoms with Crippen LogP contribution in [0.15, 0.2) is 0 Å². The van der Waals surface area contributed by atoms with Crippen molar-refractivity contribution in [3.63, 3.8) is 0 Å². The van der Waals surface area contributed by atoms with Gasteiger partial charge in [0.15, 0.2) is 0 Å². The number of aliphatic hydroxyl groups is 1. The van der Waals surface area contributed by atoms with Gasteiger partial charge in [0.1, 0.15) is 0 Å². The zero-order valence-corrected chi connectivity index (χ0v) is 10.7. The Balaban J connectivity index is 2.54. The molecule has 0 spiro atoms. The minimum Gasteiger partial charge on any atom is -0.395 e. The summed E-state index contributed by atoms with van der Waals surface area (Å²) in [6.07, 6.45) is 5.26. The molecular weight excluding hydrogens is 186 g/mol. The van der Waals surface area contributed by atoms with Crippen molar-refractivity contribution in [2.24, 2.45) is 11.3 Å². The van der Waals surface area contributed by atoms with Crippen LogP contribution in [0.4, 0.5) is 0 Å². The van der Waals surface area contributed by atoms with E-state index in [2.05, 4.69) is 33.0 Å². The second-order valence-electron chi connectivity index (χ2n) is 5.99. The SMILES string of the molecule is CC(C)[C@@H](CO)NC1CCCCC1(C)C. The summed E-state index contributed by atoms with van der Waals surface area (Å²) in [6, 6.07) is 0.832. The molecule has 2 nitrogen and oxygen atoms in total. The first-order valence-electron chi connectivity index (χ1n) is 6.34. The van der Waals surface area contributed by atoms with Crippen LogP contribution in [0, 0.1) is 11.3 Å². The van der Waals surface area contributed by atoms with E-state index in [0.29, 0.717) is 17.4 Å². The maximum Gasteiger partial charge on any atom is 0.0587 e. The summed E-state index contributed by atoms with van der Waals surface area (Å²) < 4.78 is 0. The van der Waals surface area contributed by atoms with Gasteiger partial charge in [-0.1, -0.05) is 40.5 Å². The Kier molecular flexibility index (Phi) is 4.60. The molecule has 0 bridgehead atoms. The van der Waals surface area contributed by atoms with Gasteiger partial charge in [-0.05, 0) is 24.2 Å². The molecule has 90 valence electrons. The van der Waals surface area contributed by atoms with E-state index in [4.69, 9.17) is 0 Å². The third-order valence-corrected chi connectivity index (χ3v) is 3.92. The van der Waals surface area contributed by atoms with E-state index in [-0.39, 0.29) is 12.6 Å². The zero-order chi connectivity index (χ0) is 11.5. The molecule has 2 heteroatoms.